The Morgan fingerprint density at radius 3 is 2.88 bits per heavy atom. The van der Waals surface area contributed by atoms with E-state index in [9.17, 15) is 0 Å². The Kier molecular flexibility index (Phi) is 3.36. The van der Waals surface area contributed by atoms with Crippen molar-refractivity contribution < 1.29 is 0 Å². The van der Waals surface area contributed by atoms with E-state index in [1.54, 1.807) is 0 Å². The molecule has 0 saturated heterocycles. The SMILES string of the molecule is CNCc1cncn1CCn1cc(C)cn1. The first-order valence-corrected chi connectivity index (χ1v) is 5.42. The van der Waals surface area contributed by atoms with Crippen molar-refractivity contribution in [3.8, 4) is 0 Å². The number of hydrogen-bond donors (Lipinski definition) is 1. The number of nitrogens with one attached hydrogen (secondary N) is 1. The van der Waals surface area contributed by atoms with Crippen LogP contribution in [0.1, 0.15) is 11.3 Å². The first kappa shape index (κ1) is 10.9. The van der Waals surface area contributed by atoms with E-state index >= 15 is 0 Å². The van der Waals surface area contributed by atoms with Gasteiger partial charge in [0.1, 0.15) is 0 Å². The van der Waals surface area contributed by atoms with Crippen molar-refractivity contribution >= 4 is 0 Å². The summed E-state index contributed by atoms with van der Waals surface area (Å²) in [6.07, 6.45) is 7.69. The molecular weight excluding hydrogens is 202 g/mol. The number of aryl methyl sites for hydroxylation is 3. The van der Waals surface area contributed by atoms with E-state index in [1.165, 1.54) is 11.3 Å². The molecule has 86 valence electrons. The summed E-state index contributed by atoms with van der Waals surface area (Å²) >= 11 is 0. The van der Waals surface area contributed by atoms with Crippen LogP contribution >= 0.6 is 0 Å². The lowest BCUT2D eigenvalue weighted by molar-refractivity contribution is 0.518. The predicted molar refractivity (Wildman–Crippen MR) is 62.0 cm³/mol. The second kappa shape index (κ2) is 4.94. The Labute approximate surface area is 95.1 Å². The molecule has 16 heavy (non-hydrogen) atoms. The van der Waals surface area contributed by atoms with E-state index < -0.39 is 0 Å². The largest absolute Gasteiger partial charge is 0.332 e. The molecule has 0 fully saturated rings. The van der Waals surface area contributed by atoms with Crippen molar-refractivity contribution in [2.24, 2.45) is 0 Å². The summed E-state index contributed by atoms with van der Waals surface area (Å²) in [4.78, 5) is 4.15. The molecule has 0 aliphatic heterocycles. The minimum atomic E-state index is 0.845. The van der Waals surface area contributed by atoms with Gasteiger partial charge in [-0.25, -0.2) is 4.98 Å². The summed E-state index contributed by atoms with van der Waals surface area (Å²) in [7, 11) is 1.94. The minimum Gasteiger partial charge on any atom is -0.332 e. The number of aromatic nitrogens is 4. The van der Waals surface area contributed by atoms with E-state index in [2.05, 4.69) is 26.2 Å². The third kappa shape index (κ3) is 2.49. The van der Waals surface area contributed by atoms with E-state index in [1.807, 2.05) is 37.4 Å². The van der Waals surface area contributed by atoms with Gasteiger partial charge in [-0.05, 0) is 19.5 Å². The highest BCUT2D eigenvalue weighted by Gasteiger charge is 2.01. The van der Waals surface area contributed by atoms with Gasteiger partial charge in [0, 0.05) is 25.5 Å². The Hall–Kier alpha value is -1.62. The zero-order valence-electron chi connectivity index (χ0n) is 9.72. The molecule has 5 nitrogen and oxygen atoms in total. The zero-order chi connectivity index (χ0) is 11.4. The molecule has 0 saturated carbocycles. The van der Waals surface area contributed by atoms with Crippen LogP contribution in [0.3, 0.4) is 0 Å². The smallest absolute Gasteiger partial charge is 0.0949 e. The average molecular weight is 219 g/mol. The van der Waals surface area contributed by atoms with Crippen LogP contribution in [-0.4, -0.2) is 26.4 Å². The van der Waals surface area contributed by atoms with Gasteiger partial charge < -0.3 is 9.88 Å². The van der Waals surface area contributed by atoms with Crippen molar-refractivity contribution in [2.75, 3.05) is 7.05 Å². The molecule has 0 unspecified atom stereocenters. The van der Waals surface area contributed by atoms with Gasteiger partial charge >= 0.3 is 0 Å². The van der Waals surface area contributed by atoms with Crippen LogP contribution in [0.5, 0.6) is 0 Å². The topological polar surface area (TPSA) is 47.7 Å². The summed E-state index contributed by atoms with van der Waals surface area (Å²) in [5.74, 6) is 0. The average Bonchev–Trinajstić information content (AvgIpc) is 2.85. The molecule has 5 heteroatoms. The molecule has 0 spiro atoms. The molecule has 1 N–H and O–H groups in total. The van der Waals surface area contributed by atoms with Crippen LogP contribution in [0, 0.1) is 6.92 Å². The summed E-state index contributed by atoms with van der Waals surface area (Å²) in [5, 5.41) is 7.39. The second-order valence-corrected chi connectivity index (χ2v) is 3.89. The molecule has 0 amide bonds. The Balaban J connectivity index is 1.96. The summed E-state index contributed by atoms with van der Waals surface area (Å²) in [6, 6.07) is 0. The fourth-order valence-electron chi connectivity index (χ4n) is 1.68. The van der Waals surface area contributed by atoms with Crippen molar-refractivity contribution in [2.45, 2.75) is 26.6 Å². The van der Waals surface area contributed by atoms with Crippen LogP contribution < -0.4 is 5.32 Å². The molecule has 0 bridgehead atoms. The summed E-state index contributed by atoms with van der Waals surface area (Å²) in [6.45, 7) is 4.67. The van der Waals surface area contributed by atoms with Crippen molar-refractivity contribution in [1.29, 1.82) is 0 Å². The van der Waals surface area contributed by atoms with Crippen molar-refractivity contribution in [1.82, 2.24) is 24.6 Å². The fourth-order valence-corrected chi connectivity index (χ4v) is 1.68. The number of hydrogen-bond acceptors (Lipinski definition) is 3. The highest BCUT2D eigenvalue weighted by Crippen LogP contribution is 2.00. The standard InChI is InChI=1S/C11H17N5/c1-10-5-14-16(8-10)4-3-15-9-13-7-11(15)6-12-2/h5,7-9,12H,3-4,6H2,1-2H3. The first-order valence-electron chi connectivity index (χ1n) is 5.42. The van der Waals surface area contributed by atoms with Crippen LogP contribution in [0.15, 0.2) is 24.9 Å². The van der Waals surface area contributed by atoms with E-state index in [-0.39, 0.29) is 0 Å². The minimum absolute atomic E-state index is 0.845. The van der Waals surface area contributed by atoms with Crippen molar-refractivity contribution in [3.63, 3.8) is 0 Å². The fraction of sp³-hybridized carbons (Fsp3) is 0.455. The Morgan fingerprint density at radius 1 is 1.31 bits per heavy atom. The van der Waals surface area contributed by atoms with Crippen LogP contribution in [0.25, 0.3) is 0 Å². The Morgan fingerprint density at radius 2 is 2.19 bits per heavy atom. The van der Waals surface area contributed by atoms with Gasteiger partial charge in [-0.15, -0.1) is 0 Å². The van der Waals surface area contributed by atoms with Gasteiger partial charge in [0.25, 0.3) is 0 Å². The number of imidazole rings is 1. The highest BCUT2D eigenvalue weighted by atomic mass is 15.3. The van der Waals surface area contributed by atoms with Gasteiger partial charge in [0.05, 0.1) is 24.8 Å². The number of nitrogens with zero attached hydrogens (tertiary/aromatic N) is 4. The lowest BCUT2D eigenvalue weighted by Crippen LogP contribution is -2.13. The molecule has 2 aromatic rings. The molecule has 0 atom stereocenters. The molecule has 0 radical (unpaired) electrons. The van der Waals surface area contributed by atoms with E-state index in [0.717, 1.165) is 19.6 Å². The maximum atomic E-state index is 4.26. The van der Waals surface area contributed by atoms with Gasteiger partial charge in [-0.2, -0.15) is 5.10 Å². The zero-order valence-corrected chi connectivity index (χ0v) is 9.72. The molecule has 2 aromatic heterocycles. The molecule has 2 rings (SSSR count). The second-order valence-electron chi connectivity index (χ2n) is 3.89. The van der Waals surface area contributed by atoms with E-state index in [0.29, 0.717) is 0 Å². The molecule has 0 aromatic carbocycles. The summed E-state index contributed by atoms with van der Waals surface area (Å²) < 4.78 is 4.10. The Bertz CT molecular complexity index is 443. The van der Waals surface area contributed by atoms with Gasteiger partial charge in [0.15, 0.2) is 0 Å². The van der Waals surface area contributed by atoms with Gasteiger partial charge in [-0.1, -0.05) is 0 Å². The maximum absolute atomic E-state index is 4.26. The third-order valence-corrected chi connectivity index (χ3v) is 2.49. The number of rotatable bonds is 5. The van der Waals surface area contributed by atoms with Crippen LogP contribution in [0.2, 0.25) is 0 Å². The summed E-state index contributed by atoms with van der Waals surface area (Å²) in [5.41, 5.74) is 2.40. The van der Waals surface area contributed by atoms with Gasteiger partial charge in [0.2, 0.25) is 0 Å². The van der Waals surface area contributed by atoms with Crippen LogP contribution in [0.4, 0.5) is 0 Å². The molecule has 0 aliphatic carbocycles. The quantitative estimate of drug-likeness (QED) is 0.809. The highest BCUT2D eigenvalue weighted by molar-refractivity contribution is 5.00. The maximum Gasteiger partial charge on any atom is 0.0949 e. The first-order chi connectivity index (χ1) is 7.79. The van der Waals surface area contributed by atoms with Gasteiger partial charge in [-0.3, -0.25) is 4.68 Å². The lowest BCUT2D eigenvalue weighted by Gasteiger charge is -2.07. The lowest BCUT2D eigenvalue weighted by atomic mass is 10.4. The molecule has 0 aliphatic rings. The van der Waals surface area contributed by atoms with Crippen LogP contribution in [-0.2, 0) is 19.6 Å². The third-order valence-electron chi connectivity index (χ3n) is 2.49. The van der Waals surface area contributed by atoms with Crippen molar-refractivity contribution in [3.05, 3.63) is 36.2 Å². The molecular formula is C11H17N5. The predicted octanol–water partition coefficient (Wildman–Crippen LogP) is 0.808. The normalized spacial score (nSPS) is 10.9. The monoisotopic (exact) mass is 219 g/mol. The van der Waals surface area contributed by atoms with E-state index in [4.69, 9.17) is 0 Å². The molecule has 2 heterocycles.